The predicted octanol–water partition coefficient (Wildman–Crippen LogP) is 2.15. The average molecular weight is 216 g/mol. The Kier molecular flexibility index (Phi) is 4.41. The number of aliphatic hydroxyl groups excluding tert-OH is 1. The maximum Gasteiger partial charge on any atom is 0.255 e. The van der Waals surface area contributed by atoms with Crippen molar-refractivity contribution in [2.75, 3.05) is 0 Å². The van der Waals surface area contributed by atoms with E-state index in [0.717, 1.165) is 12.2 Å². The Morgan fingerprint density at radius 1 is 1.50 bits per heavy atom. The van der Waals surface area contributed by atoms with E-state index in [4.69, 9.17) is 9.63 Å². The highest BCUT2D eigenvalue weighted by molar-refractivity contribution is 7.99. The maximum atomic E-state index is 9.16. The number of aromatic nitrogens is 2. The van der Waals surface area contributed by atoms with Gasteiger partial charge in [-0.3, -0.25) is 0 Å². The lowest BCUT2D eigenvalue weighted by molar-refractivity contribution is 0.151. The fourth-order valence-electron chi connectivity index (χ4n) is 0.830. The Bertz CT molecular complexity index is 276. The lowest BCUT2D eigenvalue weighted by Gasteiger charge is -2.04. The van der Waals surface area contributed by atoms with E-state index in [1.807, 2.05) is 0 Å². The van der Waals surface area contributed by atoms with Gasteiger partial charge in [0, 0.05) is 5.25 Å². The van der Waals surface area contributed by atoms with E-state index in [1.165, 1.54) is 0 Å². The molecule has 0 amide bonds. The number of rotatable bonds is 5. The van der Waals surface area contributed by atoms with Crippen molar-refractivity contribution < 1.29 is 9.63 Å². The first-order chi connectivity index (χ1) is 6.63. The lowest BCUT2D eigenvalue weighted by Crippen LogP contribution is -1.95. The van der Waals surface area contributed by atoms with Crippen molar-refractivity contribution >= 4 is 11.8 Å². The summed E-state index contributed by atoms with van der Waals surface area (Å²) in [7, 11) is 0. The van der Waals surface area contributed by atoms with Gasteiger partial charge in [-0.1, -0.05) is 19.0 Å². The molecule has 80 valence electrons. The van der Waals surface area contributed by atoms with Crippen molar-refractivity contribution in [2.45, 2.75) is 44.3 Å². The number of hydrogen-bond acceptors (Lipinski definition) is 5. The van der Waals surface area contributed by atoms with Gasteiger partial charge >= 0.3 is 0 Å². The van der Waals surface area contributed by atoms with E-state index in [0.29, 0.717) is 17.0 Å². The first-order valence-electron chi connectivity index (χ1n) is 4.75. The summed E-state index contributed by atoms with van der Waals surface area (Å²) in [6, 6.07) is 0. The van der Waals surface area contributed by atoms with Crippen LogP contribution >= 0.6 is 11.8 Å². The third kappa shape index (κ3) is 3.31. The highest BCUT2D eigenvalue weighted by Gasteiger charge is 2.11. The minimum absolute atomic E-state index is 0.296. The molecule has 1 N–H and O–H groups in total. The van der Waals surface area contributed by atoms with E-state index >= 15 is 0 Å². The fraction of sp³-hybridized carbons (Fsp3) is 0.778. The summed E-state index contributed by atoms with van der Waals surface area (Å²) < 4.78 is 4.87. The van der Waals surface area contributed by atoms with Crippen LogP contribution in [0.3, 0.4) is 0 Å². The zero-order valence-electron chi connectivity index (χ0n) is 8.73. The van der Waals surface area contributed by atoms with Crippen LogP contribution in [0.25, 0.3) is 0 Å². The molecule has 0 aliphatic heterocycles. The summed E-state index contributed by atoms with van der Waals surface area (Å²) in [4.78, 5) is 4.07. The van der Waals surface area contributed by atoms with Crippen molar-refractivity contribution in [1.29, 1.82) is 0 Å². The van der Waals surface area contributed by atoms with Gasteiger partial charge in [0.05, 0.1) is 5.75 Å². The highest BCUT2D eigenvalue weighted by atomic mass is 32.2. The molecule has 2 unspecified atom stereocenters. The first kappa shape index (κ1) is 11.5. The third-order valence-electron chi connectivity index (χ3n) is 1.91. The van der Waals surface area contributed by atoms with Crippen LogP contribution < -0.4 is 0 Å². The molecule has 5 heteroatoms. The standard InChI is InChI=1S/C9H16N2O2S/c1-4-6(2)14-5-8-10-9(7(3)12)13-11-8/h6-7,12H,4-5H2,1-3H3. The summed E-state index contributed by atoms with van der Waals surface area (Å²) in [5, 5.41) is 13.5. The van der Waals surface area contributed by atoms with Gasteiger partial charge in [0.1, 0.15) is 6.10 Å². The molecule has 0 radical (unpaired) electrons. The maximum absolute atomic E-state index is 9.16. The molecule has 0 saturated carbocycles. The van der Waals surface area contributed by atoms with Crippen LogP contribution in [0.5, 0.6) is 0 Å². The van der Waals surface area contributed by atoms with Crippen LogP contribution in [0.2, 0.25) is 0 Å². The van der Waals surface area contributed by atoms with Crippen LogP contribution in [-0.4, -0.2) is 20.5 Å². The van der Waals surface area contributed by atoms with Gasteiger partial charge in [-0.25, -0.2) is 0 Å². The topological polar surface area (TPSA) is 59.2 Å². The summed E-state index contributed by atoms with van der Waals surface area (Å²) >= 11 is 1.79. The van der Waals surface area contributed by atoms with Crippen LogP contribution in [0, 0.1) is 0 Å². The van der Waals surface area contributed by atoms with Crippen molar-refractivity contribution in [3.8, 4) is 0 Å². The van der Waals surface area contributed by atoms with Crippen molar-refractivity contribution in [3.05, 3.63) is 11.7 Å². The van der Waals surface area contributed by atoms with Gasteiger partial charge in [-0.2, -0.15) is 16.7 Å². The Labute approximate surface area is 88.1 Å². The van der Waals surface area contributed by atoms with Crippen molar-refractivity contribution in [1.82, 2.24) is 10.1 Å². The van der Waals surface area contributed by atoms with Crippen LogP contribution in [-0.2, 0) is 5.75 Å². The molecule has 0 aromatic carbocycles. The Hall–Kier alpha value is -0.550. The number of nitrogens with zero attached hydrogens (tertiary/aromatic N) is 2. The van der Waals surface area contributed by atoms with Gasteiger partial charge < -0.3 is 9.63 Å². The third-order valence-corrected chi connectivity index (χ3v) is 3.24. The molecule has 4 nitrogen and oxygen atoms in total. The van der Waals surface area contributed by atoms with Gasteiger partial charge in [0.25, 0.3) is 5.89 Å². The lowest BCUT2D eigenvalue weighted by atomic mass is 10.4. The van der Waals surface area contributed by atoms with Crippen molar-refractivity contribution in [3.63, 3.8) is 0 Å². The second-order valence-corrected chi connectivity index (χ2v) is 4.68. The summed E-state index contributed by atoms with van der Waals surface area (Å²) in [6.45, 7) is 5.93. The van der Waals surface area contributed by atoms with E-state index in [9.17, 15) is 0 Å². The van der Waals surface area contributed by atoms with E-state index in [2.05, 4.69) is 24.0 Å². The first-order valence-corrected chi connectivity index (χ1v) is 5.80. The zero-order chi connectivity index (χ0) is 10.6. The molecule has 1 heterocycles. The summed E-state index contributed by atoms with van der Waals surface area (Å²) in [5.74, 6) is 1.70. The van der Waals surface area contributed by atoms with Crippen LogP contribution in [0.15, 0.2) is 4.52 Å². The van der Waals surface area contributed by atoms with Gasteiger partial charge in [0.2, 0.25) is 0 Å². The molecule has 1 rings (SSSR count). The number of aliphatic hydroxyl groups is 1. The zero-order valence-corrected chi connectivity index (χ0v) is 9.54. The summed E-state index contributed by atoms with van der Waals surface area (Å²) in [6.07, 6.45) is 0.455. The predicted molar refractivity (Wildman–Crippen MR) is 56.0 cm³/mol. The van der Waals surface area contributed by atoms with Crippen LogP contribution in [0.4, 0.5) is 0 Å². The SMILES string of the molecule is CCC(C)SCc1noc(C(C)O)n1. The van der Waals surface area contributed by atoms with Gasteiger partial charge in [-0.15, -0.1) is 0 Å². The second kappa shape index (κ2) is 5.36. The minimum Gasteiger partial charge on any atom is -0.384 e. The molecule has 1 aromatic rings. The molecule has 0 bridgehead atoms. The largest absolute Gasteiger partial charge is 0.384 e. The second-order valence-electron chi connectivity index (χ2n) is 3.25. The monoisotopic (exact) mass is 216 g/mol. The molecule has 0 spiro atoms. The van der Waals surface area contributed by atoms with E-state index in [1.54, 1.807) is 18.7 Å². The van der Waals surface area contributed by atoms with Gasteiger partial charge in [0.15, 0.2) is 5.82 Å². The molecule has 2 atom stereocenters. The normalized spacial score (nSPS) is 15.4. The highest BCUT2D eigenvalue weighted by Crippen LogP contribution is 2.19. The van der Waals surface area contributed by atoms with Crippen molar-refractivity contribution in [2.24, 2.45) is 0 Å². The fourth-order valence-corrected chi connectivity index (χ4v) is 1.62. The van der Waals surface area contributed by atoms with E-state index < -0.39 is 6.10 Å². The minimum atomic E-state index is -0.676. The molecule has 0 aliphatic rings. The van der Waals surface area contributed by atoms with E-state index in [-0.39, 0.29) is 0 Å². The Balaban J connectivity index is 2.44. The number of hydrogen-bond donors (Lipinski definition) is 1. The van der Waals surface area contributed by atoms with Gasteiger partial charge in [-0.05, 0) is 13.3 Å². The Morgan fingerprint density at radius 2 is 2.21 bits per heavy atom. The molecule has 1 aromatic heterocycles. The molecule has 0 fully saturated rings. The molecule has 0 saturated heterocycles. The molecular formula is C9H16N2O2S. The Morgan fingerprint density at radius 3 is 2.71 bits per heavy atom. The quantitative estimate of drug-likeness (QED) is 0.817. The molecule has 0 aliphatic carbocycles. The summed E-state index contributed by atoms with van der Waals surface area (Å²) in [5.41, 5.74) is 0. The van der Waals surface area contributed by atoms with Crippen LogP contribution in [0.1, 0.15) is 45.0 Å². The smallest absolute Gasteiger partial charge is 0.255 e. The number of thioether (sulfide) groups is 1. The average Bonchev–Trinajstić information content (AvgIpc) is 2.62. The molecular weight excluding hydrogens is 200 g/mol. The molecule has 14 heavy (non-hydrogen) atoms.